The van der Waals surface area contributed by atoms with Crippen LogP contribution in [-0.4, -0.2) is 70.3 Å². The summed E-state index contributed by atoms with van der Waals surface area (Å²) in [6.07, 6.45) is 2.29. The van der Waals surface area contributed by atoms with Crippen molar-refractivity contribution in [2.24, 2.45) is 0 Å². The van der Waals surface area contributed by atoms with E-state index in [9.17, 15) is 9.59 Å². The van der Waals surface area contributed by atoms with Gasteiger partial charge >= 0.3 is 0 Å². The number of rotatable bonds is 6. The number of carbonyl (C=O) groups is 2. The number of nitrogens with zero attached hydrogens (tertiary/aromatic N) is 5. The second-order valence-electron chi connectivity index (χ2n) is 8.18. The van der Waals surface area contributed by atoms with Crippen LogP contribution in [0.4, 0.5) is 0 Å². The smallest absolute Gasteiger partial charge is 0.272 e. The molecule has 1 saturated heterocycles. The van der Waals surface area contributed by atoms with E-state index in [4.69, 9.17) is 26.7 Å². The molecule has 4 rings (SSSR count). The average molecular weight is 456 g/mol. The number of halogens is 1. The van der Waals surface area contributed by atoms with Crippen molar-refractivity contribution < 1.29 is 14.3 Å². The van der Waals surface area contributed by atoms with E-state index < -0.39 is 6.10 Å². The second-order valence-corrected chi connectivity index (χ2v) is 8.61. The van der Waals surface area contributed by atoms with Crippen molar-refractivity contribution in [2.75, 3.05) is 32.8 Å². The summed E-state index contributed by atoms with van der Waals surface area (Å²) in [5.41, 5.74) is 2.09. The Hall–Kier alpha value is -2.89. The first-order chi connectivity index (χ1) is 15.5. The van der Waals surface area contributed by atoms with Crippen molar-refractivity contribution in [3.8, 4) is 17.3 Å². The Labute approximate surface area is 192 Å². The van der Waals surface area contributed by atoms with Gasteiger partial charge in [0.25, 0.3) is 5.91 Å². The number of nitriles is 1. The lowest BCUT2D eigenvalue weighted by Crippen LogP contribution is -2.52. The van der Waals surface area contributed by atoms with E-state index in [1.165, 1.54) is 0 Å². The van der Waals surface area contributed by atoms with Gasteiger partial charge in [0.15, 0.2) is 6.10 Å². The molecule has 0 N–H and O–H groups in total. The highest BCUT2D eigenvalue weighted by Gasteiger charge is 2.35. The van der Waals surface area contributed by atoms with E-state index in [1.54, 1.807) is 28.0 Å². The van der Waals surface area contributed by atoms with Gasteiger partial charge in [-0.3, -0.25) is 14.3 Å². The molecule has 2 amide bonds. The zero-order chi connectivity index (χ0) is 22.7. The van der Waals surface area contributed by atoms with Crippen molar-refractivity contribution in [1.82, 2.24) is 19.6 Å². The number of fused-ring (bicyclic) bond motifs is 1. The SMILES string of the molecule is CCCCC1CN(CC(=O)N2CCOC(C#N)C2)C(=O)c2cc(-c3ccc(Cl)cc3)nn21. The summed E-state index contributed by atoms with van der Waals surface area (Å²) in [6, 6.07) is 11.2. The van der Waals surface area contributed by atoms with Crippen LogP contribution in [0.25, 0.3) is 11.3 Å². The summed E-state index contributed by atoms with van der Waals surface area (Å²) in [7, 11) is 0. The van der Waals surface area contributed by atoms with Gasteiger partial charge < -0.3 is 14.5 Å². The average Bonchev–Trinajstić information content (AvgIpc) is 3.26. The first-order valence-electron chi connectivity index (χ1n) is 10.9. The fourth-order valence-electron chi connectivity index (χ4n) is 4.18. The number of carbonyl (C=O) groups excluding carboxylic acids is 2. The van der Waals surface area contributed by atoms with Crippen molar-refractivity contribution in [3.63, 3.8) is 0 Å². The number of hydrogen-bond donors (Lipinski definition) is 0. The summed E-state index contributed by atoms with van der Waals surface area (Å²) in [5.74, 6) is -0.370. The highest BCUT2D eigenvalue weighted by atomic mass is 35.5. The lowest BCUT2D eigenvalue weighted by atomic mass is 10.1. The van der Waals surface area contributed by atoms with Gasteiger partial charge in [-0.25, -0.2) is 0 Å². The molecule has 0 bridgehead atoms. The fraction of sp³-hybridized carbons (Fsp3) is 0.478. The molecule has 2 aliphatic heterocycles. The third-order valence-corrected chi connectivity index (χ3v) is 6.19. The molecule has 3 heterocycles. The normalized spacial score (nSPS) is 20.7. The highest BCUT2D eigenvalue weighted by Crippen LogP contribution is 2.29. The Morgan fingerprint density at radius 1 is 1.31 bits per heavy atom. The summed E-state index contributed by atoms with van der Waals surface area (Å²) >= 11 is 6.01. The van der Waals surface area contributed by atoms with Gasteiger partial charge in [0.1, 0.15) is 12.2 Å². The number of morpholine rings is 1. The third kappa shape index (κ3) is 4.64. The molecule has 0 spiro atoms. The molecule has 0 radical (unpaired) electrons. The molecule has 2 atom stereocenters. The topological polar surface area (TPSA) is 91.5 Å². The van der Waals surface area contributed by atoms with Gasteiger partial charge in [0, 0.05) is 23.7 Å². The zero-order valence-corrected chi connectivity index (χ0v) is 18.8. The van der Waals surface area contributed by atoms with E-state index >= 15 is 0 Å². The zero-order valence-electron chi connectivity index (χ0n) is 18.0. The maximum atomic E-state index is 13.3. The minimum atomic E-state index is -0.620. The van der Waals surface area contributed by atoms with Crippen LogP contribution in [0.15, 0.2) is 30.3 Å². The van der Waals surface area contributed by atoms with Crippen LogP contribution in [0.5, 0.6) is 0 Å². The van der Waals surface area contributed by atoms with Crippen molar-refractivity contribution in [3.05, 3.63) is 41.0 Å². The highest BCUT2D eigenvalue weighted by molar-refractivity contribution is 6.30. The van der Waals surface area contributed by atoms with Crippen LogP contribution in [0.1, 0.15) is 42.7 Å². The van der Waals surface area contributed by atoms with E-state index in [2.05, 4.69) is 6.92 Å². The molecule has 1 aromatic carbocycles. The van der Waals surface area contributed by atoms with E-state index in [0.717, 1.165) is 24.8 Å². The molecular weight excluding hydrogens is 430 g/mol. The Morgan fingerprint density at radius 2 is 2.09 bits per heavy atom. The molecular formula is C23H26ClN5O3. The van der Waals surface area contributed by atoms with Gasteiger partial charge in [-0.15, -0.1) is 0 Å². The minimum absolute atomic E-state index is 0.00745. The Kier molecular flexibility index (Phi) is 6.77. The summed E-state index contributed by atoms with van der Waals surface area (Å²) in [4.78, 5) is 29.4. The van der Waals surface area contributed by atoms with Crippen molar-refractivity contribution in [1.29, 1.82) is 5.26 Å². The molecule has 0 aliphatic carbocycles. The Morgan fingerprint density at radius 3 is 2.81 bits per heavy atom. The Balaban J connectivity index is 1.56. The standard InChI is InChI=1S/C23H26ClN5O3/c1-2-3-4-18-13-28(15-22(30)27-9-10-32-19(12-25)14-27)23(31)21-11-20(26-29(18)21)16-5-7-17(24)8-6-16/h5-8,11,18-19H,2-4,9-10,13-15H2,1H3. The number of hydrogen-bond acceptors (Lipinski definition) is 5. The van der Waals surface area contributed by atoms with Crippen molar-refractivity contribution in [2.45, 2.75) is 38.3 Å². The molecule has 9 heteroatoms. The summed E-state index contributed by atoms with van der Waals surface area (Å²) in [5, 5.41) is 14.5. The number of amides is 2. The molecule has 8 nitrogen and oxygen atoms in total. The predicted molar refractivity (Wildman–Crippen MR) is 119 cm³/mol. The van der Waals surface area contributed by atoms with Gasteiger partial charge in [-0.05, 0) is 24.6 Å². The van der Waals surface area contributed by atoms with Crippen LogP contribution in [-0.2, 0) is 9.53 Å². The van der Waals surface area contributed by atoms with E-state index in [0.29, 0.717) is 36.1 Å². The first kappa shape index (κ1) is 22.3. The lowest BCUT2D eigenvalue weighted by molar-refractivity contribution is -0.137. The number of unbranched alkanes of at least 4 members (excludes halogenated alkanes) is 1. The van der Waals surface area contributed by atoms with Crippen LogP contribution in [0, 0.1) is 11.3 Å². The molecule has 2 unspecified atom stereocenters. The van der Waals surface area contributed by atoms with E-state index in [-0.39, 0.29) is 30.9 Å². The van der Waals surface area contributed by atoms with Crippen LogP contribution >= 0.6 is 11.6 Å². The molecule has 1 fully saturated rings. The molecule has 2 aliphatic rings. The quantitative estimate of drug-likeness (QED) is 0.667. The number of aromatic nitrogens is 2. The maximum Gasteiger partial charge on any atom is 0.272 e. The van der Waals surface area contributed by atoms with Gasteiger partial charge in [0.2, 0.25) is 5.91 Å². The summed E-state index contributed by atoms with van der Waals surface area (Å²) in [6.45, 7) is 3.54. The monoisotopic (exact) mass is 455 g/mol. The van der Waals surface area contributed by atoms with Crippen LogP contribution < -0.4 is 0 Å². The second kappa shape index (κ2) is 9.72. The van der Waals surface area contributed by atoms with E-state index in [1.807, 2.05) is 22.9 Å². The third-order valence-electron chi connectivity index (χ3n) is 5.94. The van der Waals surface area contributed by atoms with Crippen molar-refractivity contribution >= 4 is 23.4 Å². The summed E-state index contributed by atoms with van der Waals surface area (Å²) < 4.78 is 7.15. The maximum absolute atomic E-state index is 13.3. The molecule has 32 heavy (non-hydrogen) atoms. The largest absolute Gasteiger partial charge is 0.360 e. The lowest BCUT2D eigenvalue weighted by Gasteiger charge is -2.36. The molecule has 1 aromatic heterocycles. The fourth-order valence-corrected chi connectivity index (χ4v) is 4.30. The number of benzene rings is 1. The van der Waals surface area contributed by atoms with Crippen LogP contribution in [0.3, 0.4) is 0 Å². The molecule has 2 aromatic rings. The van der Waals surface area contributed by atoms with Gasteiger partial charge in [-0.1, -0.05) is 43.5 Å². The van der Waals surface area contributed by atoms with Crippen LogP contribution in [0.2, 0.25) is 5.02 Å². The predicted octanol–water partition coefficient (Wildman–Crippen LogP) is 3.14. The molecule has 0 saturated carbocycles. The molecule has 168 valence electrons. The van der Waals surface area contributed by atoms with Gasteiger partial charge in [0.05, 0.1) is 31.0 Å². The number of ether oxygens (including phenoxy) is 1. The van der Waals surface area contributed by atoms with Gasteiger partial charge in [-0.2, -0.15) is 10.4 Å². The first-order valence-corrected chi connectivity index (χ1v) is 11.3. The minimum Gasteiger partial charge on any atom is -0.360 e. The Bertz CT molecular complexity index is 1030.